The lowest BCUT2D eigenvalue weighted by Crippen LogP contribution is -2.24. The predicted molar refractivity (Wildman–Crippen MR) is 85.1 cm³/mol. The van der Waals surface area contributed by atoms with Gasteiger partial charge >= 0.3 is 0 Å². The van der Waals surface area contributed by atoms with Gasteiger partial charge in [-0.15, -0.1) is 0 Å². The van der Waals surface area contributed by atoms with Crippen LogP contribution in [-0.4, -0.2) is 9.97 Å². The Morgan fingerprint density at radius 2 is 1.86 bits per heavy atom. The maximum atomic E-state index is 4.93. The first-order chi connectivity index (χ1) is 10.1. The lowest BCUT2D eigenvalue weighted by atomic mass is 9.83. The zero-order chi connectivity index (χ0) is 14.9. The van der Waals surface area contributed by atoms with E-state index in [0.29, 0.717) is 0 Å². The Morgan fingerprint density at radius 3 is 2.57 bits per heavy atom. The van der Waals surface area contributed by atoms with E-state index in [1.807, 2.05) is 0 Å². The summed E-state index contributed by atoms with van der Waals surface area (Å²) in [6, 6.07) is 10.5. The number of nitrogens with zero attached hydrogens (tertiary/aromatic N) is 2. The van der Waals surface area contributed by atoms with Crippen LogP contribution in [0.25, 0.3) is 0 Å². The van der Waals surface area contributed by atoms with E-state index in [9.17, 15) is 0 Å². The highest BCUT2D eigenvalue weighted by molar-refractivity contribution is 5.35. The van der Waals surface area contributed by atoms with E-state index in [2.05, 4.69) is 56.4 Å². The fraction of sp³-hybridized carbons (Fsp3) is 0.444. The van der Waals surface area contributed by atoms with Crippen LogP contribution in [0.2, 0.25) is 0 Å². The second-order valence-electron chi connectivity index (χ2n) is 6.26. The van der Waals surface area contributed by atoms with E-state index >= 15 is 0 Å². The van der Waals surface area contributed by atoms with Crippen LogP contribution in [0.5, 0.6) is 0 Å². The Bertz CT molecular complexity index is 632. The molecular weight excluding hydrogens is 258 g/mol. The van der Waals surface area contributed by atoms with Gasteiger partial charge in [-0.25, -0.2) is 9.97 Å². The molecule has 1 N–H and O–H groups in total. The molecule has 1 aromatic carbocycles. The number of aromatic nitrogens is 2. The molecule has 3 heteroatoms. The Labute approximate surface area is 126 Å². The highest BCUT2D eigenvalue weighted by Crippen LogP contribution is 2.31. The fourth-order valence-corrected chi connectivity index (χ4v) is 2.95. The Morgan fingerprint density at radius 1 is 1.10 bits per heavy atom. The largest absolute Gasteiger partial charge is 0.307 e. The van der Waals surface area contributed by atoms with Crippen LogP contribution in [0, 0.1) is 0 Å². The zero-order valence-electron chi connectivity index (χ0n) is 13.1. The number of fused-ring (bicyclic) bond motifs is 1. The third kappa shape index (κ3) is 2.58. The van der Waals surface area contributed by atoms with Crippen LogP contribution in [0.1, 0.15) is 55.5 Å². The number of benzene rings is 1. The van der Waals surface area contributed by atoms with Crippen molar-refractivity contribution in [2.75, 3.05) is 0 Å². The molecule has 0 fully saturated rings. The number of nitrogens with one attached hydrogen (secondary N) is 1. The minimum atomic E-state index is -0.165. The third-order valence-electron chi connectivity index (χ3n) is 4.31. The summed E-state index contributed by atoms with van der Waals surface area (Å²) in [6.45, 7) is 8.41. The minimum Gasteiger partial charge on any atom is -0.307 e. The van der Waals surface area contributed by atoms with Crippen molar-refractivity contribution in [3.8, 4) is 0 Å². The normalized spacial score (nSPS) is 14.2. The zero-order valence-corrected chi connectivity index (χ0v) is 13.1. The Balaban J connectivity index is 2.08. The molecule has 0 aliphatic carbocycles. The van der Waals surface area contributed by atoms with Crippen LogP contribution in [0.4, 0.5) is 0 Å². The van der Waals surface area contributed by atoms with Crippen LogP contribution in [-0.2, 0) is 24.9 Å². The van der Waals surface area contributed by atoms with Crippen molar-refractivity contribution in [1.29, 1.82) is 0 Å². The van der Waals surface area contributed by atoms with E-state index in [4.69, 9.17) is 9.97 Å². The average Bonchev–Trinajstić information content (AvgIpc) is 2.97. The van der Waals surface area contributed by atoms with Gasteiger partial charge in [0.25, 0.3) is 0 Å². The van der Waals surface area contributed by atoms with Crippen molar-refractivity contribution >= 4 is 0 Å². The van der Waals surface area contributed by atoms with Crippen LogP contribution < -0.4 is 5.32 Å². The molecule has 0 saturated carbocycles. The van der Waals surface area contributed by atoms with E-state index in [0.717, 1.165) is 31.8 Å². The molecule has 2 heterocycles. The molecule has 0 amide bonds. The van der Waals surface area contributed by atoms with Gasteiger partial charge in [0.1, 0.15) is 5.82 Å². The lowest BCUT2D eigenvalue weighted by Gasteiger charge is -2.25. The minimum absolute atomic E-state index is 0.165. The first kappa shape index (κ1) is 14.2. The van der Waals surface area contributed by atoms with Crippen LogP contribution >= 0.6 is 0 Å². The molecule has 3 rings (SSSR count). The second kappa shape index (κ2) is 5.57. The maximum Gasteiger partial charge on any atom is 0.138 e. The van der Waals surface area contributed by atoms with Gasteiger partial charge in [0.15, 0.2) is 0 Å². The number of hydrogen-bond acceptors (Lipinski definition) is 3. The molecule has 0 radical (unpaired) electrons. The van der Waals surface area contributed by atoms with Gasteiger partial charge in [-0.05, 0) is 25.8 Å². The molecule has 0 unspecified atom stereocenters. The van der Waals surface area contributed by atoms with Crippen molar-refractivity contribution in [2.45, 2.75) is 52.1 Å². The molecule has 1 aromatic heterocycles. The van der Waals surface area contributed by atoms with E-state index in [-0.39, 0.29) is 5.41 Å². The van der Waals surface area contributed by atoms with Crippen molar-refractivity contribution in [1.82, 2.24) is 15.3 Å². The van der Waals surface area contributed by atoms with Crippen molar-refractivity contribution < 1.29 is 0 Å². The average molecular weight is 281 g/mol. The fourth-order valence-electron chi connectivity index (χ4n) is 2.95. The SMILES string of the molecule is CCCc1nc(C(C)(C)c2ccccc2)nc2c1CNC2. The summed E-state index contributed by atoms with van der Waals surface area (Å²) in [5.74, 6) is 0.944. The van der Waals surface area contributed by atoms with Crippen molar-refractivity contribution in [3.63, 3.8) is 0 Å². The van der Waals surface area contributed by atoms with Gasteiger partial charge in [0.05, 0.1) is 5.69 Å². The second-order valence-corrected chi connectivity index (χ2v) is 6.26. The van der Waals surface area contributed by atoms with Gasteiger partial charge in [0.2, 0.25) is 0 Å². The summed E-state index contributed by atoms with van der Waals surface area (Å²) < 4.78 is 0. The molecule has 0 saturated heterocycles. The monoisotopic (exact) mass is 281 g/mol. The molecule has 1 aliphatic heterocycles. The Hall–Kier alpha value is -1.74. The quantitative estimate of drug-likeness (QED) is 0.934. The smallest absolute Gasteiger partial charge is 0.138 e. The lowest BCUT2D eigenvalue weighted by molar-refractivity contribution is 0.578. The number of hydrogen-bond donors (Lipinski definition) is 1. The topological polar surface area (TPSA) is 37.8 Å². The van der Waals surface area contributed by atoms with Crippen LogP contribution in [0.3, 0.4) is 0 Å². The van der Waals surface area contributed by atoms with Gasteiger partial charge in [-0.1, -0.05) is 43.7 Å². The van der Waals surface area contributed by atoms with Crippen LogP contribution in [0.15, 0.2) is 30.3 Å². The molecule has 0 spiro atoms. The standard InChI is InChI=1S/C18H23N3/c1-4-8-15-14-11-19-12-16(14)21-17(20-15)18(2,3)13-9-6-5-7-10-13/h5-7,9-10,19H,4,8,11-12H2,1-3H3. The third-order valence-corrected chi connectivity index (χ3v) is 4.31. The van der Waals surface area contributed by atoms with E-state index < -0.39 is 0 Å². The first-order valence-corrected chi connectivity index (χ1v) is 7.78. The molecular formula is C18H23N3. The van der Waals surface area contributed by atoms with Crippen molar-refractivity contribution in [3.05, 3.63) is 58.7 Å². The summed E-state index contributed by atoms with van der Waals surface area (Å²) in [4.78, 5) is 9.80. The van der Waals surface area contributed by atoms with E-state index in [1.54, 1.807) is 0 Å². The predicted octanol–water partition coefficient (Wildman–Crippen LogP) is 3.36. The molecule has 3 nitrogen and oxygen atoms in total. The van der Waals surface area contributed by atoms with Crippen molar-refractivity contribution in [2.24, 2.45) is 0 Å². The first-order valence-electron chi connectivity index (χ1n) is 7.78. The molecule has 21 heavy (non-hydrogen) atoms. The van der Waals surface area contributed by atoms with Gasteiger partial charge in [-0.3, -0.25) is 0 Å². The maximum absolute atomic E-state index is 4.93. The number of rotatable bonds is 4. The summed E-state index contributed by atoms with van der Waals surface area (Å²) in [5, 5.41) is 3.40. The summed E-state index contributed by atoms with van der Waals surface area (Å²) in [7, 11) is 0. The Kier molecular flexibility index (Phi) is 3.77. The summed E-state index contributed by atoms with van der Waals surface area (Å²) in [5.41, 5.74) is 4.84. The molecule has 1 aliphatic rings. The molecule has 2 aromatic rings. The van der Waals surface area contributed by atoms with Gasteiger partial charge in [0, 0.05) is 29.8 Å². The van der Waals surface area contributed by atoms with Gasteiger partial charge in [-0.2, -0.15) is 0 Å². The van der Waals surface area contributed by atoms with Gasteiger partial charge < -0.3 is 5.32 Å². The summed E-state index contributed by atoms with van der Waals surface area (Å²) in [6.07, 6.45) is 2.15. The molecule has 0 bridgehead atoms. The summed E-state index contributed by atoms with van der Waals surface area (Å²) >= 11 is 0. The van der Waals surface area contributed by atoms with E-state index in [1.165, 1.54) is 22.5 Å². The highest BCUT2D eigenvalue weighted by atomic mass is 15.0. The molecule has 110 valence electrons. The molecule has 0 atom stereocenters. The number of aryl methyl sites for hydroxylation is 1. The highest BCUT2D eigenvalue weighted by Gasteiger charge is 2.29.